The number of benzene rings is 1. The summed E-state index contributed by atoms with van der Waals surface area (Å²) in [6.07, 6.45) is 1.34. The maximum atomic E-state index is 12.5. The van der Waals surface area contributed by atoms with Gasteiger partial charge in [0.15, 0.2) is 6.61 Å². The summed E-state index contributed by atoms with van der Waals surface area (Å²) in [6.45, 7) is 8.18. The Hall–Kier alpha value is -2.57. The maximum Gasteiger partial charge on any atom is 0.342 e. The lowest BCUT2D eigenvalue weighted by Gasteiger charge is -2.31. The number of ether oxygens (including phenoxy) is 1. The Kier molecular flexibility index (Phi) is 7.05. The summed E-state index contributed by atoms with van der Waals surface area (Å²) in [4.78, 5) is 37.8. The van der Waals surface area contributed by atoms with Gasteiger partial charge in [0.25, 0.3) is 5.91 Å². The second-order valence-electron chi connectivity index (χ2n) is 7.97. The van der Waals surface area contributed by atoms with Gasteiger partial charge in [-0.1, -0.05) is 33.8 Å². The summed E-state index contributed by atoms with van der Waals surface area (Å²) in [5, 5.41) is 10.5. The molecule has 154 valence electrons. The number of nitrogens with two attached hydrogens (primary N) is 1. The second-order valence-corrected chi connectivity index (χ2v) is 7.97. The zero-order chi connectivity index (χ0) is 21.0. The number of likely N-dealkylation sites (tertiary alicyclic amines) is 1. The molecule has 3 N–H and O–H groups in total. The molecule has 1 atom stereocenters. The van der Waals surface area contributed by atoms with Gasteiger partial charge in [-0.3, -0.25) is 9.59 Å². The standard InChI is InChI=1S/C21H30N2O5/c1-12(2)15-8-16(13(3)4)19(25)17(9-15)21(27)28-11-18(24)23-7-5-6-14(10-23)20(22)26/h8-9,12-14,25H,5-7,10-11H2,1-4H3,(H2,22,26)/t14-/m0/s1. The molecule has 1 saturated heterocycles. The number of carbonyl (C=O) groups is 3. The molecule has 0 aromatic heterocycles. The van der Waals surface area contributed by atoms with E-state index in [9.17, 15) is 19.5 Å². The van der Waals surface area contributed by atoms with E-state index in [0.29, 0.717) is 24.9 Å². The largest absolute Gasteiger partial charge is 0.507 e. The van der Waals surface area contributed by atoms with Crippen LogP contribution in [0.1, 0.15) is 73.9 Å². The van der Waals surface area contributed by atoms with E-state index in [1.165, 1.54) is 4.90 Å². The van der Waals surface area contributed by atoms with Gasteiger partial charge in [0.2, 0.25) is 5.91 Å². The van der Waals surface area contributed by atoms with Crippen molar-refractivity contribution in [3.05, 3.63) is 28.8 Å². The van der Waals surface area contributed by atoms with Crippen LogP contribution in [0.3, 0.4) is 0 Å². The fraction of sp³-hybridized carbons (Fsp3) is 0.571. The highest BCUT2D eigenvalue weighted by Crippen LogP contribution is 2.33. The number of hydrogen-bond acceptors (Lipinski definition) is 5. The van der Waals surface area contributed by atoms with E-state index in [1.54, 1.807) is 6.07 Å². The van der Waals surface area contributed by atoms with Crippen molar-refractivity contribution in [2.45, 2.75) is 52.4 Å². The lowest BCUT2D eigenvalue weighted by molar-refractivity contribution is -0.137. The van der Waals surface area contributed by atoms with Crippen molar-refractivity contribution in [1.29, 1.82) is 0 Å². The second kappa shape index (κ2) is 9.08. The van der Waals surface area contributed by atoms with Gasteiger partial charge >= 0.3 is 5.97 Å². The van der Waals surface area contributed by atoms with Crippen LogP contribution in [0.4, 0.5) is 0 Å². The summed E-state index contributed by atoms with van der Waals surface area (Å²) in [7, 11) is 0. The van der Waals surface area contributed by atoms with Gasteiger partial charge in [0.05, 0.1) is 5.92 Å². The molecule has 0 aliphatic carbocycles. The Morgan fingerprint density at radius 3 is 2.46 bits per heavy atom. The van der Waals surface area contributed by atoms with Crippen molar-refractivity contribution in [2.24, 2.45) is 11.7 Å². The number of amides is 2. The van der Waals surface area contributed by atoms with Crippen LogP contribution >= 0.6 is 0 Å². The Morgan fingerprint density at radius 1 is 1.21 bits per heavy atom. The predicted molar refractivity (Wildman–Crippen MR) is 105 cm³/mol. The van der Waals surface area contributed by atoms with Crippen molar-refractivity contribution < 1.29 is 24.2 Å². The number of phenolic OH excluding ortho intramolecular Hbond substituents is 1. The van der Waals surface area contributed by atoms with Gasteiger partial charge in [0, 0.05) is 13.1 Å². The van der Waals surface area contributed by atoms with Gasteiger partial charge < -0.3 is 20.5 Å². The van der Waals surface area contributed by atoms with Crippen LogP contribution in [0.5, 0.6) is 5.75 Å². The Bertz CT molecular complexity index is 757. The van der Waals surface area contributed by atoms with Gasteiger partial charge in [0.1, 0.15) is 11.3 Å². The summed E-state index contributed by atoms with van der Waals surface area (Å²) in [5.74, 6) is -1.80. The summed E-state index contributed by atoms with van der Waals surface area (Å²) in [5.41, 5.74) is 6.99. The molecule has 1 aromatic carbocycles. The first-order valence-corrected chi connectivity index (χ1v) is 9.72. The molecule has 0 saturated carbocycles. The molecule has 1 heterocycles. The van der Waals surface area contributed by atoms with Crippen molar-refractivity contribution in [1.82, 2.24) is 4.90 Å². The molecule has 1 aliphatic rings. The Morgan fingerprint density at radius 2 is 1.89 bits per heavy atom. The quantitative estimate of drug-likeness (QED) is 0.725. The topological polar surface area (TPSA) is 110 Å². The molecule has 7 heteroatoms. The highest BCUT2D eigenvalue weighted by molar-refractivity contribution is 5.94. The Labute approximate surface area is 165 Å². The van der Waals surface area contributed by atoms with Crippen molar-refractivity contribution >= 4 is 17.8 Å². The van der Waals surface area contributed by atoms with E-state index in [4.69, 9.17) is 10.5 Å². The third-order valence-electron chi connectivity index (χ3n) is 5.17. The maximum absolute atomic E-state index is 12.5. The number of esters is 1. The normalized spacial score (nSPS) is 17.1. The lowest BCUT2D eigenvalue weighted by atomic mass is 9.92. The minimum atomic E-state index is -0.737. The zero-order valence-electron chi connectivity index (χ0n) is 17.0. The van der Waals surface area contributed by atoms with Crippen molar-refractivity contribution in [2.75, 3.05) is 19.7 Å². The zero-order valence-corrected chi connectivity index (χ0v) is 17.0. The van der Waals surface area contributed by atoms with Gasteiger partial charge in [-0.05, 0) is 41.9 Å². The summed E-state index contributed by atoms with van der Waals surface area (Å²) in [6, 6.07) is 3.51. The molecular formula is C21H30N2O5. The highest BCUT2D eigenvalue weighted by Gasteiger charge is 2.28. The molecule has 0 bridgehead atoms. The summed E-state index contributed by atoms with van der Waals surface area (Å²) < 4.78 is 5.18. The molecule has 1 aliphatic heterocycles. The van der Waals surface area contributed by atoms with Crippen LogP contribution in [-0.2, 0) is 14.3 Å². The number of hydrogen-bond donors (Lipinski definition) is 2. The third kappa shape index (κ3) is 5.03. The highest BCUT2D eigenvalue weighted by atomic mass is 16.5. The van der Waals surface area contributed by atoms with E-state index in [1.807, 2.05) is 33.8 Å². The molecular weight excluding hydrogens is 360 g/mol. The summed E-state index contributed by atoms with van der Waals surface area (Å²) >= 11 is 0. The number of nitrogens with zero attached hydrogens (tertiary/aromatic N) is 1. The van der Waals surface area contributed by atoms with E-state index < -0.39 is 18.5 Å². The minimum absolute atomic E-state index is 0.0333. The van der Waals surface area contributed by atoms with E-state index in [-0.39, 0.29) is 41.5 Å². The Balaban J connectivity index is 2.10. The van der Waals surface area contributed by atoms with Crippen LogP contribution < -0.4 is 5.73 Å². The molecule has 0 spiro atoms. The molecule has 2 amide bonds. The van der Waals surface area contributed by atoms with E-state index in [0.717, 1.165) is 5.56 Å². The minimum Gasteiger partial charge on any atom is -0.507 e. The van der Waals surface area contributed by atoms with Crippen LogP contribution in [-0.4, -0.2) is 47.5 Å². The molecule has 0 radical (unpaired) electrons. The number of carbonyl (C=O) groups excluding carboxylic acids is 3. The van der Waals surface area contributed by atoms with Crippen molar-refractivity contribution in [3.8, 4) is 5.75 Å². The average Bonchev–Trinajstić information content (AvgIpc) is 2.65. The monoisotopic (exact) mass is 390 g/mol. The third-order valence-corrected chi connectivity index (χ3v) is 5.17. The number of rotatable bonds is 6. The number of primary amides is 1. The first-order chi connectivity index (χ1) is 13.1. The fourth-order valence-corrected chi connectivity index (χ4v) is 3.34. The predicted octanol–water partition coefficient (Wildman–Crippen LogP) is 2.52. The molecule has 7 nitrogen and oxygen atoms in total. The molecule has 2 rings (SSSR count). The van der Waals surface area contributed by atoms with Crippen LogP contribution in [0.25, 0.3) is 0 Å². The lowest BCUT2D eigenvalue weighted by Crippen LogP contribution is -2.45. The number of aromatic hydroxyl groups is 1. The smallest absolute Gasteiger partial charge is 0.342 e. The number of piperidine rings is 1. The molecule has 28 heavy (non-hydrogen) atoms. The van der Waals surface area contributed by atoms with Crippen LogP contribution in [0, 0.1) is 5.92 Å². The molecule has 1 fully saturated rings. The van der Waals surface area contributed by atoms with Crippen LogP contribution in [0.2, 0.25) is 0 Å². The van der Waals surface area contributed by atoms with Gasteiger partial charge in [-0.2, -0.15) is 0 Å². The first kappa shape index (κ1) is 21.7. The number of phenols is 1. The molecule has 0 unspecified atom stereocenters. The average molecular weight is 390 g/mol. The SMILES string of the molecule is CC(C)c1cc(C(=O)OCC(=O)N2CCC[C@H](C(N)=O)C2)c(O)c(C(C)C)c1. The van der Waals surface area contributed by atoms with Crippen LogP contribution in [0.15, 0.2) is 12.1 Å². The van der Waals surface area contributed by atoms with E-state index >= 15 is 0 Å². The van der Waals surface area contributed by atoms with E-state index in [2.05, 4.69) is 0 Å². The molecule has 1 aromatic rings. The first-order valence-electron chi connectivity index (χ1n) is 9.72. The van der Waals surface area contributed by atoms with Gasteiger partial charge in [-0.15, -0.1) is 0 Å². The fourth-order valence-electron chi connectivity index (χ4n) is 3.34. The van der Waals surface area contributed by atoms with Crippen molar-refractivity contribution in [3.63, 3.8) is 0 Å². The van der Waals surface area contributed by atoms with Gasteiger partial charge in [-0.25, -0.2) is 4.79 Å².